The number of nitrogens with zero attached hydrogens (tertiary/aromatic N) is 2. The van der Waals surface area contributed by atoms with Crippen LogP contribution in [0.15, 0.2) is 30.3 Å². The normalized spacial score (nSPS) is 20.9. The lowest BCUT2D eigenvalue weighted by Gasteiger charge is -2.43. The lowest BCUT2D eigenvalue weighted by atomic mass is 9.84. The molecule has 0 amide bonds. The zero-order valence-corrected chi connectivity index (χ0v) is 22.8. The fourth-order valence-electron chi connectivity index (χ4n) is 5.15. The quantitative estimate of drug-likeness (QED) is 0.197. The fourth-order valence-corrected chi connectivity index (χ4v) is 5.61. The highest BCUT2D eigenvalue weighted by atomic mass is 32.2. The average Bonchev–Trinajstić information content (AvgIpc) is 2.80. The summed E-state index contributed by atoms with van der Waals surface area (Å²) in [5, 5.41) is 0. The van der Waals surface area contributed by atoms with Crippen molar-refractivity contribution in [3.05, 3.63) is 58.7 Å². The molecule has 2 aromatic carbocycles. The average molecular weight is 617 g/mol. The molecule has 1 fully saturated rings. The van der Waals surface area contributed by atoms with Crippen molar-refractivity contribution in [2.24, 2.45) is 0 Å². The first-order valence-corrected chi connectivity index (χ1v) is 14.1. The Hall–Kier alpha value is -2.65. The molecular weight excluding hydrogens is 588 g/mol. The molecule has 2 aromatic rings. The van der Waals surface area contributed by atoms with Gasteiger partial charge in [0, 0.05) is 50.3 Å². The standard InChI is InChI=1S/C26H28F8N2O4S/c1-15-8-16-9-17(40-41(37,38)26(32,33)34)4-5-20(16)24(36(15)14-25(2,30)31)23-21(28)10-18(11-22(23)29)39-19-12-35(13-19)7-3-6-27/h4-5,9-11,15,19,24H,3,6-8,12-14H2,1-2H3. The smallest absolute Gasteiger partial charge is 0.488 e. The first kappa shape index (κ1) is 31.3. The maximum absolute atomic E-state index is 15.6. The minimum atomic E-state index is -5.99. The molecule has 0 N–H and O–H groups in total. The molecular formula is C26H28F8N2O4S. The molecule has 0 bridgehead atoms. The molecule has 2 aliphatic rings. The van der Waals surface area contributed by atoms with Crippen molar-refractivity contribution in [2.75, 3.05) is 32.9 Å². The molecule has 2 heterocycles. The highest BCUT2D eigenvalue weighted by Gasteiger charge is 2.49. The molecule has 6 nitrogen and oxygen atoms in total. The van der Waals surface area contributed by atoms with E-state index < -0.39 is 69.8 Å². The first-order valence-electron chi connectivity index (χ1n) is 12.7. The lowest BCUT2D eigenvalue weighted by Crippen LogP contribution is -2.53. The van der Waals surface area contributed by atoms with Gasteiger partial charge in [-0.05, 0) is 43.0 Å². The minimum absolute atomic E-state index is 0.0454. The Bertz CT molecular complexity index is 1340. The Balaban J connectivity index is 1.68. The van der Waals surface area contributed by atoms with E-state index >= 15 is 8.78 Å². The Morgan fingerprint density at radius 3 is 2.20 bits per heavy atom. The Morgan fingerprint density at radius 2 is 1.63 bits per heavy atom. The second-order valence-corrected chi connectivity index (χ2v) is 11.9. The molecule has 0 saturated carbocycles. The van der Waals surface area contributed by atoms with Crippen LogP contribution in [0.4, 0.5) is 35.1 Å². The van der Waals surface area contributed by atoms with Gasteiger partial charge in [-0.3, -0.25) is 14.2 Å². The Labute approximate surface area is 231 Å². The summed E-state index contributed by atoms with van der Waals surface area (Å²) < 4.78 is 143. The van der Waals surface area contributed by atoms with E-state index in [2.05, 4.69) is 4.18 Å². The number of alkyl halides is 6. The molecule has 228 valence electrons. The van der Waals surface area contributed by atoms with Crippen molar-refractivity contribution >= 4 is 10.1 Å². The van der Waals surface area contributed by atoms with Gasteiger partial charge in [-0.2, -0.15) is 21.6 Å². The van der Waals surface area contributed by atoms with Gasteiger partial charge in [0.25, 0.3) is 5.92 Å². The minimum Gasteiger partial charge on any atom is -0.488 e. The van der Waals surface area contributed by atoms with Crippen molar-refractivity contribution < 1.29 is 52.5 Å². The molecule has 41 heavy (non-hydrogen) atoms. The zero-order valence-electron chi connectivity index (χ0n) is 22.0. The van der Waals surface area contributed by atoms with E-state index in [0.717, 1.165) is 30.3 Å². The van der Waals surface area contributed by atoms with Crippen LogP contribution in [0.25, 0.3) is 0 Å². The predicted octanol–water partition coefficient (Wildman–Crippen LogP) is 5.61. The van der Waals surface area contributed by atoms with Gasteiger partial charge in [0.15, 0.2) is 0 Å². The second kappa shape index (κ2) is 11.6. The maximum Gasteiger partial charge on any atom is 0.534 e. The number of likely N-dealkylation sites (tertiary alicyclic amines) is 1. The van der Waals surface area contributed by atoms with E-state index in [9.17, 15) is 34.8 Å². The van der Waals surface area contributed by atoms with Gasteiger partial charge >= 0.3 is 15.6 Å². The summed E-state index contributed by atoms with van der Waals surface area (Å²) >= 11 is 0. The van der Waals surface area contributed by atoms with E-state index in [1.807, 2.05) is 4.90 Å². The number of halogens is 8. The van der Waals surface area contributed by atoms with Crippen molar-refractivity contribution in [1.82, 2.24) is 9.80 Å². The summed E-state index contributed by atoms with van der Waals surface area (Å²) in [7, 11) is -5.99. The number of fused-ring (bicyclic) bond motifs is 1. The molecule has 1 saturated heterocycles. The van der Waals surface area contributed by atoms with E-state index in [-0.39, 0.29) is 29.4 Å². The zero-order chi connectivity index (χ0) is 30.3. The van der Waals surface area contributed by atoms with Crippen molar-refractivity contribution in [3.63, 3.8) is 0 Å². The molecule has 0 aromatic heterocycles. The Morgan fingerprint density at radius 1 is 1.00 bits per heavy atom. The first-order chi connectivity index (χ1) is 19.0. The summed E-state index contributed by atoms with van der Waals surface area (Å²) in [6.07, 6.45) is -0.0716. The van der Waals surface area contributed by atoms with Gasteiger partial charge in [0.05, 0.1) is 19.3 Å². The summed E-state index contributed by atoms with van der Waals surface area (Å²) in [6.45, 7) is 2.17. The number of rotatable bonds is 10. The summed E-state index contributed by atoms with van der Waals surface area (Å²) in [4.78, 5) is 3.10. The molecule has 2 atom stereocenters. The van der Waals surface area contributed by atoms with Gasteiger partial charge in [0.1, 0.15) is 29.2 Å². The highest BCUT2D eigenvalue weighted by molar-refractivity contribution is 7.88. The molecule has 2 unspecified atom stereocenters. The van der Waals surface area contributed by atoms with Gasteiger partial charge in [-0.1, -0.05) is 6.07 Å². The predicted molar refractivity (Wildman–Crippen MR) is 132 cm³/mol. The second-order valence-electron chi connectivity index (χ2n) is 10.4. The molecule has 4 rings (SSSR count). The summed E-state index contributed by atoms with van der Waals surface area (Å²) in [5.74, 6) is -6.28. The molecule has 0 aliphatic carbocycles. The third kappa shape index (κ3) is 7.05. The Kier molecular flexibility index (Phi) is 8.82. The molecule has 15 heteroatoms. The number of hydrogen-bond acceptors (Lipinski definition) is 6. The summed E-state index contributed by atoms with van der Waals surface area (Å²) in [6, 6.07) is 2.61. The SMILES string of the molecule is CC1Cc2cc(OS(=O)(=O)C(F)(F)F)ccc2C(c2c(F)cc(OC3CN(CCCF)C3)cc2F)N1CC(C)(F)F. The van der Waals surface area contributed by atoms with E-state index in [1.165, 1.54) is 11.8 Å². The maximum atomic E-state index is 15.6. The molecule has 0 radical (unpaired) electrons. The van der Waals surface area contributed by atoms with E-state index in [1.54, 1.807) is 0 Å². The van der Waals surface area contributed by atoms with Crippen molar-refractivity contribution in [3.8, 4) is 11.5 Å². The van der Waals surface area contributed by atoms with Crippen LogP contribution in [0.1, 0.15) is 43.0 Å². The van der Waals surface area contributed by atoms with Crippen LogP contribution >= 0.6 is 0 Å². The van der Waals surface area contributed by atoms with Gasteiger partial charge in [0.2, 0.25) is 0 Å². The highest BCUT2D eigenvalue weighted by Crippen LogP contribution is 2.43. The van der Waals surface area contributed by atoms with Crippen LogP contribution in [-0.4, -0.2) is 74.6 Å². The van der Waals surface area contributed by atoms with Gasteiger partial charge in [-0.15, -0.1) is 0 Å². The van der Waals surface area contributed by atoms with Crippen LogP contribution in [-0.2, 0) is 16.5 Å². The fraction of sp³-hybridized carbons (Fsp3) is 0.538. The number of benzene rings is 2. The van der Waals surface area contributed by atoms with Crippen LogP contribution in [0.5, 0.6) is 11.5 Å². The van der Waals surface area contributed by atoms with E-state index in [4.69, 9.17) is 4.74 Å². The van der Waals surface area contributed by atoms with Crippen LogP contribution in [0, 0.1) is 11.6 Å². The summed E-state index contributed by atoms with van der Waals surface area (Å²) in [5.41, 5.74) is -6.00. The third-order valence-electron chi connectivity index (χ3n) is 6.93. The van der Waals surface area contributed by atoms with Gasteiger partial charge in [-0.25, -0.2) is 17.6 Å². The third-order valence-corrected chi connectivity index (χ3v) is 7.91. The monoisotopic (exact) mass is 616 g/mol. The number of hydrogen-bond donors (Lipinski definition) is 0. The molecule has 0 spiro atoms. The van der Waals surface area contributed by atoms with Crippen LogP contribution in [0.2, 0.25) is 0 Å². The topological polar surface area (TPSA) is 59.1 Å². The van der Waals surface area contributed by atoms with Crippen LogP contribution < -0.4 is 8.92 Å². The largest absolute Gasteiger partial charge is 0.534 e. The molecule has 2 aliphatic heterocycles. The number of ether oxygens (including phenoxy) is 1. The van der Waals surface area contributed by atoms with Crippen molar-refractivity contribution in [2.45, 2.75) is 56.3 Å². The van der Waals surface area contributed by atoms with Crippen molar-refractivity contribution in [1.29, 1.82) is 0 Å². The van der Waals surface area contributed by atoms with Gasteiger partial charge < -0.3 is 8.92 Å². The van der Waals surface area contributed by atoms with Crippen LogP contribution in [0.3, 0.4) is 0 Å². The lowest BCUT2D eigenvalue weighted by molar-refractivity contribution is -0.0500. The van der Waals surface area contributed by atoms with E-state index in [0.29, 0.717) is 33.0 Å².